The first-order chi connectivity index (χ1) is 8.78. The Balaban J connectivity index is 1.87. The average molecular weight is 254 g/mol. The molecule has 1 aromatic carbocycles. The Hall–Kier alpha value is -1.79. The van der Waals surface area contributed by atoms with E-state index in [0.29, 0.717) is 6.04 Å². The molecule has 0 fully saturated rings. The van der Waals surface area contributed by atoms with Crippen molar-refractivity contribution in [3.8, 4) is 6.07 Å². The number of benzene rings is 1. The number of anilines is 1. The second-order valence-electron chi connectivity index (χ2n) is 4.72. The monoisotopic (exact) mass is 254 g/mol. The van der Waals surface area contributed by atoms with Gasteiger partial charge in [-0.3, -0.25) is 0 Å². The quantitative estimate of drug-likeness (QED) is 0.819. The summed E-state index contributed by atoms with van der Waals surface area (Å²) in [5.41, 5.74) is 3.55. The molecule has 0 saturated heterocycles. The molecule has 2 heterocycles. The molecule has 0 amide bonds. The molecule has 0 aliphatic carbocycles. The van der Waals surface area contributed by atoms with Crippen LogP contribution in [0.15, 0.2) is 35.7 Å². The molecular formula is C15H14N2S. The maximum atomic E-state index is 8.86. The molecule has 1 aliphatic heterocycles. The van der Waals surface area contributed by atoms with Gasteiger partial charge in [0.15, 0.2) is 0 Å². The van der Waals surface area contributed by atoms with Gasteiger partial charge in [-0.2, -0.15) is 5.26 Å². The van der Waals surface area contributed by atoms with Gasteiger partial charge < -0.3 is 4.90 Å². The lowest BCUT2D eigenvalue weighted by molar-refractivity contribution is 0.676. The van der Waals surface area contributed by atoms with Crippen molar-refractivity contribution in [2.24, 2.45) is 0 Å². The number of thiophene rings is 1. The molecular weight excluding hydrogens is 240 g/mol. The Morgan fingerprint density at radius 2 is 2.28 bits per heavy atom. The Kier molecular flexibility index (Phi) is 2.81. The smallest absolute Gasteiger partial charge is 0.100 e. The van der Waals surface area contributed by atoms with Crippen molar-refractivity contribution in [1.29, 1.82) is 5.26 Å². The van der Waals surface area contributed by atoms with E-state index in [9.17, 15) is 0 Å². The van der Waals surface area contributed by atoms with Crippen LogP contribution in [0.5, 0.6) is 0 Å². The molecule has 18 heavy (non-hydrogen) atoms. The van der Waals surface area contributed by atoms with Gasteiger partial charge >= 0.3 is 0 Å². The zero-order valence-electron chi connectivity index (χ0n) is 10.3. The van der Waals surface area contributed by atoms with Gasteiger partial charge in [0, 0.05) is 22.0 Å². The first-order valence-corrected chi connectivity index (χ1v) is 6.98. The van der Waals surface area contributed by atoms with E-state index in [2.05, 4.69) is 42.2 Å². The molecule has 3 heteroatoms. The van der Waals surface area contributed by atoms with Crippen LogP contribution in [0.1, 0.15) is 22.9 Å². The molecule has 1 unspecified atom stereocenters. The Morgan fingerprint density at radius 1 is 1.44 bits per heavy atom. The summed E-state index contributed by atoms with van der Waals surface area (Å²) in [4.78, 5) is 3.69. The minimum Gasteiger partial charge on any atom is -0.363 e. The lowest BCUT2D eigenvalue weighted by atomic mass is 10.1. The summed E-state index contributed by atoms with van der Waals surface area (Å²) in [5.74, 6) is 0. The van der Waals surface area contributed by atoms with E-state index >= 15 is 0 Å². The Bertz CT molecular complexity index is 609. The molecule has 1 aliphatic rings. The first kappa shape index (κ1) is 11.3. The van der Waals surface area contributed by atoms with E-state index < -0.39 is 0 Å². The van der Waals surface area contributed by atoms with Gasteiger partial charge in [0.2, 0.25) is 0 Å². The molecule has 90 valence electrons. The summed E-state index contributed by atoms with van der Waals surface area (Å²) < 4.78 is 0. The van der Waals surface area contributed by atoms with Crippen LogP contribution >= 0.6 is 11.3 Å². The van der Waals surface area contributed by atoms with Crippen molar-refractivity contribution >= 4 is 17.0 Å². The fraction of sp³-hybridized carbons (Fsp3) is 0.267. The summed E-state index contributed by atoms with van der Waals surface area (Å²) in [6.45, 7) is 3.17. The standard InChI is InChI=1S/C15H14N2S/c1-11-6-13-4-2-3-5-15(13)17(11)9-14-7-12(8-16)10-18-14/h2-5,7,10-11H,6,9H2,1H3. The fourth-order valence-electron chi connectivity index (χ4n) is 2.56. The van der Waals surface area contributed by atoms with Gasteiger partial charge in [-0.05, 0) is 31.0 Å². The first-order valence-electron chi connectivity index (χ1n) is 6.10. The van der Waals surface area contributed by atoms with E-state index in [1.807, 2.05) is 11.4 Å². The van der Waals surface area contributed by atoms with Gasteiger partial charge in [0.05, 0.1) is 12.1 Å². The zero-order valence-corrected chi connectivity index (χ0v) is 11.1. The molecule has 2 nitrogen and oxygen atoms in total. The maximum absolute atomic E-state index is 8.86. The van der Waals surface area contributed by atoms with Crippen molar-refractivity contribution in [1.82, 2.24) is 0 Å². The third-order valence-corrected chi connectivity index (χ3v) is 4.38. The molecule has 2 aromatic rings. The summed E-state index contributed by atoms with van der Waals surface area (Å²) in [6.07, 6.45) is 1.12. The molecule has 0 spiro atoms. The van der Waals surface area contributed by atoms with Crippen molar-refractivity contribution in [3.63, 3.8) is 0 Å². The minimum atomic E-state index is 0.537. The fourth-order valence-corrected chi connectivity index (χ4v) is 3.37. The van der Waals surface area contributed by atoms with Crippen LogP contribution in [-0.4, -0.2) is 6.04 Å². The molecule has 3 rings (SSSR count). The van der Waals surface area contributed by atoms with Gasteiger partial charge in [-0.1, -0.05) is 18.2 Å². The average Bonchev–Trinajstić information content (AvgIpc) is 2.96. The van der Waals surface area contributed by atoms with E-state index in [-0.39, 0.29) is 0 Å². The lowest BCUT2D eigenvalue weighted by Crippen LogP contribution is -2.28. The van der Waals surface area contributed by atoms with Crippen molar-refractivity contribution in [2.45, 2.75) is 25.9 Å². The van der Waals surface area contributed by atoms with E-state index in [4.69, 9.17) is 5.26 Å². The van der Waals surface area contributed by atoms with Crippen molar-refractivity contribution in [3.05, 3.63) is 51.7 Å². The van der Waals surface area contributed by atoms with E-state index in [0.717, 1.165) is 18.5 Å². The third kappa shape index (κ3) is 1.89. The number of nitrogens with zero attached hydrogens (tertiary/aromatic N) is 2. The summed E-state index contributed by atoms with van der Waals surface area (Å²) in [7, 11) is 0. The number of hydrogen-bond donors (Lipinski definition) is 0. The minimum absolute atomic E-state index is 0.537. The van der Waals surface area contributed by atoms with Crippen LogP contribution < -0.4 is 4.90 Å². The van der Waals surface area contributed by atoms with Crippen LogP contribution in [0.25, 0.3) is 0 Å². The third-order valence-electron chi connectivity index (χ3n) is 3.46. The number of rotatable bonds is 2. The second kappa shape index (κ2) is 4.47. The number of hydrogen-bond acceptors (Lipinski definition) is 3. The SMILES string of the molecule is CC1Cc2ccccc2N1Cc1cc(C#N)cs1. The Morgan fingerprint density at radius 3 is 3.06 bits per heavy atom. The number of fused-ring (bicyclic) bond motifs is 1. The van der Waals surface area contributed by atoms with Crippen LogP contribution in [0.2, 0.25) is 0 Å². The van der Waals surface area contributed by atoms with Crippen LogP contribution in [-0.2, 0) is 13.0 Å². The normalized spacial score (nSPS) is 17.6. The molecule has 1 aromatic heterocycles. The predicted molar refractivity (Wildman–Crippen MR) is 74.8 cm³/mol. The largest absolute Gasteiger partial charge is 0.363 e. The number of para-hydroxylation sites is 1. The summed E-state index contributed by atoms with van der Waals surface area (Å²) in [5, 5.41) is 10.8. The van der Waals surface area contributed by atoms with Gasteiger partial charge in [0.25, 0.3) is 0 Å². The summed E-state index contributed by atoms with van der Waals surface area (Å²) in [6, 6.07) is 13.3. The Labute approximate surface area is 111 Å². The van der Waals surface area contributed by atoms with E-state index in [1.165, 1.54) is 16.1 Å². The van der Waals surface area contributed by atoms with Crippen LogP contribution in [0.4, 0.5) is 5.69 Å². The molecule has 0 N–H and O–H groups in total. The maximum Gasteiger partial charge on any atom is 0.100 e. The predicted octanol–water partition coefficient (Wildman–Crippen LogP) is 3.57. The van der Waals surface area contributed by atoms with Gasteiger partial charge in [-0.25, -0.2) is 0 Å². The van der Waals surface area contributed by atoms with Crippen LogP contribution in [0.3, 0.4) is 0 Å². The molecule has 0 bridgehead atoms. The van der Waals surface area contributed by atoms with Crippen molar-refractivity contribution < 1.29 is 0 Å². The second-order valence-corrected chi connectivity index (χ2v) is 5.72. The van der Waals surface area contributed by atoms with Gasteiger partial charge in [-0.15, -0.1) is 11.3 Å². The van der Waals surface area contributed by atoms with Crippen LogP contribution in [0, 0.1) is 11.3 Å². The lowest BCUT2D eigenvalue weighted by Gasteiger charge is -2.24. The zero-order chi connectivity index (χ0) is 12.5. The van der Waals surface area contributed by atoms with Crippen molar-refractivity contribution in [2.75, 3.05) is 4.90 Å². The highest BCUT2D eigenvalue weighted by Gasteiger charge is 2.25. The topological polar surface area (TPSA) is 27.0 Å². The van der Waals surface area contributed by atoms with E-state index in [1.54, 1.807) is 11.3 Å². The molecule has 0 radical (unpaired) electrons. The molecule has 0 saturated carbocycles. The highest BCUT2D eigenvalue weighted by atomic mass is 32.1. The highest BCUT2D eigenvalue weighted by molar-refractivity contribution is 7.10. The summed E-state index contributed by atoms with van der Waals surface area (Å²) >= 11 is 1.67. The molecule has 1 atom stereocenters. The highest BCUT2D eigenvalue weighted by Crippen LogP contribution is 2.33. The number of nitriles is 1. The van der Waals surface area contributed by atoms with Gasteiger partial charge in [0.1, 0.15) is 6.07 Å².